The summed E-state index contributed by atoms with van der Waals surface area (Å²) in [6.45, 7) is 2.80. The van der Waals surface area contributed by atoms with Crippen molar-refractivity contribution in [2.75, 3.05) is 4.31 Å². The molecular weight excluding hydrogens is 248 g/mol. The van der Waals surface area contributed by atoms with Gasteiger partial charge < -0.3 is 0 Å². The van der Waals surface area contributed by atoms with E-state index >= 15 is 0 Å². The van der Waals surface area contributed by atoms with Crippen LogP contribution in [-0.2, 0) is 14.0 Å². The molecule has 0 atom stereocenters. The molecule has 78 valence electrons. The zero-order valence-electron chi connectivity index (χ0n) is 7.39. The van der Waals surface area contributed by atoms with E-state index in [0.717, 1.165) is 18.3 Å². The highest BCUT2D eigenvalue weighted by Gasteiger charge is 2.26. The fourth-order valence-electron chi connectivity index (χ4n) is 0.816. The van der Waals surface area contributed by atoms with Crippen molar-refractivity contribution >= 4 is 42.3 Å². The lowest BCUT2D eigenvalue weighted by atomic mass is 10.6. The van der Waals surface area contributed by atoms with Crippen LogP contribution in [0, 0.1) is 6.92 Å². The van der Waals surface area contributed by atoms with E-state index in [1.807, 2.05) is 0 Å². The van der Waals surface area contributed by atoms with Crippen LogP contribution in [0.4, 0.5) is 5.13 Å². The third-order valence-electron chi connectivity index (χ3n) is 1.28. The van der Waals surface area contributed by atoms with Crippen LogP contribution in [0.5, 0.6) is 0 Å². The Kier molecular flexibility index (Phi) is 3.13. The number of carbonyl (C=O) groups is 1. The average molecular weight is 255 g/mol. The van der Waals surface area contributed by atoms with Crippen molar-refractivity contribution in [2.45, 2.75) is 13.8 Å². The van der Waals surface area contributed by atoms with Crippen molar-refractivity contribution in [3.8, 4) is 0 Å². The number of amides is 1. The molecule has 1 aromatic heterocycles. The van der Waals surface area contributed by atoms with Crippen molar-refractivity contribution < 1.29 is 13.2 Å². The van der Waals surface area contributed by atoms with E-state index in [1.54, 1.807) is 12.3 Å². The summed E-state index contributed by atoms with van der Waals surface area (Å²) in [4.78, 5) is 14.9. The lowest BCUT2D eigenvalue weighted by Gasteiger charge is -2.12. The number of aromatic nitrogens is 1. The second-order valence-electron chi connectivity index (χ2n) is 2.50. The van der Waals surface area contributed by atoms with Crippen LogP contribution in [0.25, 0.3) is 0 Å². The number of nitrogens with zero attached hydrogens (tertiary/aromatic N) is 2. The number of halogens is 1. The number of rotatable bonds is 2. The molecule has 0 aliphatic heterocycles. The smallest absolute Gasteiger partial charge is 0.274 e. The van der Waals surface area contributed by atoms with Gasteiger partial charge in [0.2, 0.25) is 11.0 Å². The monoisotopic (exact) mass is 254 g/mol. The minimum Gasteiger partial charge on any atom is -0.274 e. The van der Waals surface area contributed by atoms with Gasteiger partial charge in [-0.3, -0.25) is 4.79 Å². The van der Waals surface area contributed by atoms with Crippen molar-refractivity contribution in [3.63, 3.8) is 0 Å². The second-order valence-corrected chi connectivity index (χ2v) is 5.69. The quantitative estimate of drug-likeness (QED) is 0.746. The summed E-state index contributed by atoms with van der Waals surface area (Å²) in [6, 6.07) is 0. The first-order valence-electron chi connectivity index (χ1n) is 3.50. The van der Waals surface area contributed by atoms with Crippen molar-refractivity contribution in [3.05, 3.63) is 11.1 Å². The van der Waals surface area contributed by atoms with Crippen LogP contribution < -0.4 is 4.31 Å². The van der Waals surface area contributed by atoms with E-state index < -0.39 is 15.1 Å². The van der Waals surface area contributed by atoms with Gasteiger partial charge >= 0.3 is 9.24 Å². The minimum atomic E-state index is -4.10. The molecule has 0 aromatic carbocycles. The molecular formula is C6H7ClN2O3S2. The molecule has 0 spiro atoms. The third-order valence-corrected chi connectivity index (χ3v) is 3.62. The highest BCUT2D eigenvalue weighted by atomic mass is 35.7. The third kappa shape index (κ3) is 2.43. The van der Waals surface area contributed by atoms with Gasteiger partial charge in [-0.2, -0.15) is 12.7 Å². The number of anilines is 1. The molecule has 0 saturated carbocycles. The van der Waals surface area contributed by atoms with Crippen LogP contribution >= 0.6 is 22.0 Å². The Morgan fingerprint density at radius 2 is 2.21 bits per heavy atom. The Morgan fingerprint density at radius 3 is 2.50 bits per heavy atom. The van der Waals surface area contributed by atoms with Crippen LogP contribution in [-0.4, -0.2) is 19.3 Å². The molecule has 0 aliphatic rings. The van der Waals surface area contributed by atoms with Crippen molar-refractivity contribution in [1.82, 2.24) is 4.98 Å². The lowest BCUT2D eigenvalue weighted by molar-refractivity contribution is -0.115. The molecule has 5 nitrogen and oxygen atoms in total. The Labute approximate surface area is 89.9 Å². The van der Waals surface area contributed by atoms with Crippen molar-refractivity contribution in [1.29, 1.82) is 0 Å². The zero-order chi connectivity index (χ0) is 10.9. The van der Waals surface area contributed by atoms with Gasteiger partial charge in [-0.25, -0.2) is 4.98 Å². The first kappa shape index (κ1) is 11.4. The van der Waals surface area contributed by atoms with Gasteiger partial charge in [0.25, 0.3) is 0 Å². The van der Waals surface area contributed by atoms with E-state index in [-0.39, 0.29) is 5.13 Å². The Morgan fingerprint density at radius 1 is 1.64 bits per heavy atom. The summed E-state index contributed by atoms with van der Waals surface area (Å²) in [5, 5.41) is 1.69. The molecule has 0 saturated heterocycles. The molecule has 0 radical (unpaired) electrons. The predicted molar refractivity (Wildman–Crippen MR) is 54.8 cm³/mol. The molecule has 1 rings (SSSR count). The molecule has 0 N–H and O–H groups in total. The molecule has 1 heterocycles. The normalized spacial score (nSPS) is 11.4. The summed E-state index contributed by atoms with van der Waals surface area (Å²) < 4.78 is 22.5. The second kappa shape index (κ2) is 3.84. The molecule has 1 amide bonds. The van der Waals surface area contributed by atoms with Gasteiger partial charge in [-0.05, 0) is 6.92 Å². The SMILES string of the molecule is CC(=O)N(c1nc(C)cs1)S(=O)(=O)Cl. The van der Waals surface area contributed by atoms with E-state index in [0.29, 0.717) is 10.00 Å². The van der Waals surface area contributed by atoms with Crippen LogP contribution in [0.2, 0.25) is 0 Å². The van der Waals surface area contributed by atoms with E-state index in [2.05, 4.69) is 4.98 Å². The molecule has 0 aliphatic carbocycles. The summed E-state index contributed by atoms with van der Waals surface area (Å²) in [5.74, 6) is -0.686. The fraction of sp³-hybridized carbons (Fsp3) is 0.333. The lowest BCUT2D eigenvalue weighted by Crippen LogP contribution is -2.31. The van der Waals surface area contributed by atoms with E-state index in [1.165, 1.54) is 0 Å². The Hall–Kier alpha value is -0.660. The van der Waals surface area contributed by atoms with E-state index in [9.17, 15) is 13.2 Å². The van der Waals surface area contributed by atoms with E-state index in [4.69, 9.17) is 10.7 Å². The maximum Gasteiger partial charge on any atom is 0.330 e. The minimum absolute atomic E-state index is 0.0602. The van der Waals surface area contributed by atoms with Gasteiger partial charge in [0.05, 0.1) is 5.69 Å². The van der Waals surface area contributed by atoms with Crippen LogP contribution in [0.15, 0.2) is 5.38 Å². The van der Waals surface area contributed by atoms with Gasteiger partial charge in [0.1, 0.15) is 0 Å². The summed E-state index contributed by atoms with van der Waals surface area (Å²) in [7, 11) is 0.982. The molecule has 8 heteroatoms. The first-order chi connectivity index (χ1) is 6.32. The topological polar surface area (TPSA) is 67.3 Å². The van der Waals surface area contributed by atoms with Gasteiger partial charge in [0.15, 0.2) is 0 Å². The van der Waals surface area contributed by atoms with Crippen molar-refractivity contribution in [2.24, 2.45) is 0 Å². The maximum absolute atomic E-state index is 11.0. The first-order valence-corrected chi connectivity index (χ1v) is 6.64. The van der Waals surface area contributed by atoms with Crippen LogP contribution in [0.1, 0.15) is 12.6 Å². The number of aryl methyl sites for hydroxylation is 1. The highest BCUT2D eigenvalue weighted by Crippen LogP contribution is 2.24. The molecule has 0 unspecified atom stereocenters. The fourth-order valence-corrected chi connectivity index (χ4v) is 3.13. The van der Waals surface area contributed by atoms with Crippen LogP contribution in [0.3, 0.4) is 0 Å². The highest BCUT2D eigenvalue weighted by molar-refractivity contribution is 8.15. The van der Waals surface area contributed by atoms with Gasteiger partial charge in [0, 0.05) is 23.0 Å². The Balaban J connectivity index is 3.21. The maximum atomic E-state index is 11.0. The molecule has 1 aromatic rings. The number of hydrogen-bond donors (Lipinski definition) is 0. The number of hydrogen-bond acceptors (Lipinski definition) is 5. The molecule has 0 bridgehead atoms. The largest absolute Gasteiger partial charge is 0.330 e. The van der Waals surface area contributed by atoms with Gasteiger partial charge in [-0.15, -0.1) is 11.3 Å². The predicted octanol–water partition coefficient (Wildman–Crippen LogP) is 1.29. The standard InChI is InChI=1S/C6H7ClN2O3S2/c1-4-3-13-6(8-4)9(5(2)10)14(7,11)12/h3H,1-2H3. The summed E-state index contributed by atoms with van der Waals surface area (Å²) >= 11 is 1.04. The molecule has 0 fully saturated rings. The number of thiazole rings is 1. The van der Waals surface area contributed by atoms with Gasteiger partial charge in [-0.1, -0.05) is 0 Å². The average Bonchev–Trinajstić information content (AvgIpc) is 2.31. The summed E-state index contributed by atoms with van der Waals surface area (Å²) in [5.41, 5.74) is 0.636. The molecule has 14 heavy (non-hydrogen) atoms. The Bertz CT molecular complexity index is 453. The summed E-state index contributed by atoms with van der Waals surface area (Å²) in [6.07, 6.45) is 0. The zero-order valence-corrected chi connectivity index (χ0v) is 9.78. The number of carbonyl (C=O) groups excluding carboxylic acids is 1.